The van der Waals surface area contributed by atoms with Crippen LogP contribution in [-0.4, -0.2) is 62.5 Å². The second-order valence-corrected chi connectivity index (χ2v) is 9.00. The molecule has 1 heterocycles. The number of hydrogen-bond acceptors (Lipinski definition) is 5. The fourth-order valence-electron chi connectivity index (χ4n) is 4.12. The van der Waals surface area contributed by atoms with E-state index in [2.05, 4.69) is 16.7 Å². The van der Waals surface area contributed by atoms with Crippen LogP contribution in [0.3, 0.4) is 0 Å². The fourth-order valence-corrected chi connectivity index (χ4v) is 4.54. The number of anilines is 2. The summed E-state index contributed by atoms with van der Waals surface area (Å²) >= 11 is 12.5. The summed E-state index contributed by atoms with van der Waals surface area (Å²) in [6.45, 7) is 11.2. The van der Waals surface area contributed by atoms with Gasteiger partial charge in [-0.25, -0.2) is 0 Å². The van der Waals surface area contributed by atoms with Gasteiger partial charge in [0.15, 0.2) is 0 Å². The number of amides is 1. The Morgan fingerprint density at radius 3 is 2.49 bits per heavy atom. The number of halogens is 2. The Kier molecular flexibility index (Phi) is 13.3. The number of ether oxygens (including phenoxy) is 1. The molecule has 0 aromatic heterocycles. The van der Waals surface area contributed by atoms with E-state index in [-0.39, 0.29) is 6.73 Å². The minimum absolute atomic E-state index is 0.347. The minimum Gasteiger partial charge on any atom is -0.494 e. The molecule has 35 heavy (non-hydrogen) atoms. The summed E-state index contributed by atoms with van der Waals surface area (Å²) in [6.07, 6.45) is 4.46. The van der Waals surface area contributed by atoms with Gasteiger partial charge in [0.1, 0.15) is 12.5 Å². The van der Waals surface area contributed by atoms with Crippen molar-refractivity contribution in [3.8, 4) is 5.75 Å². The lowest BCUT2D eigenvalue weighted by atomic mass is 10.1. The summed E-state index contributed by atoms with van der Waals surface area (Å²) in [5, 5.41) is 10.7. The largest absolute Gasteiger partial charge is 0.494 e. The standard InChI is InChI=1S/C25H33Cl2N3O3.C2H6/c1-2-6-20-9-10-21(17-24(20)30(18-31)19-32)33-16-4-3-11-28-12-14-29(15-13-28)23-8-5-7-22(26)25(23)27;1-2/h5,7-10,17-18,32H,2-4,6,11-16,19H2,1H3;1-2H3. The Morgan fingerprint density at radius 1 is 1.09 bits per heavy atom. The van der Waals surface area contributed by atoms with E-state index >= 15 is 0 Å². The van der Waals surface area contributed by atoms with Gasteiger partial charge < -0.3 is 14.7 Å². The van der Waals surface area contributed by atoms with Crippen molar-refractivity contribution in [2.24, 2.45) is 0 Å². The zero-order valence-corrected chi connectivity index (χ0v) is 22.7. The lowest BCUT2D eigenvalue weighted by Crippen LogP contribution is -2.46. The van der Waals surface area contributed by atoms with E-state index in [9.17, 15) is 9.90 Å². The number of carbonyl (C=O) groups is 1. The van der Waals surface area contributed by atoms with Gasteiger partial charge in [0.2, 0.25) is 6.41 Å². The predicted molar refractivity (Wildman–Crippen MR) is 147 cm³/mol. The van der Waals surface area contributed by atoms with E-state index in [1.165, 1.54) is 4.90 Å². The molecule has 2 aromatic rings. The highest BCUT2D eigenvalue weighted by molar-refractivity contribution is 6.43. The molecular formula is C27H39Cl2N3O3. The summed E-state index contributed by atoms with van der Waals surface area (Å²) in [6, 6.07) is 11.5. The Labute approximate surface area is 220 Å². The smallest absolute Gasteiger partial charge is 0.216 e. The van der Waals surface area contributed by atoms with Crippen LogP contribution >= 0.6 is 23.2 Å². The van der Waals surface area contributed by atoms with Crippen molar-refractivity contribution in [2.45, 2.75) is 46.5 Å². The molecule has 1 fully saturated rings. The van der Waals surface area contributed by atoms with Gasteiger partial charge in [0, 0.05) is 32.2 Å². The van der Waals surface area contributed by atoms with Crippen LogP contribution in [0.15, 0.2) is 36.4 Å². The molecule has 1 amide bonds. The van der Waals surface area contributed by atoms with Crippen LogP contribution in [0.25, 0.3) is 0 Å². The molecule has 1 aliphatic heterocycles. The highest BCUT2D eigenvalue weighted by atomic mass is 35.5. The van der Waals surface area contributed by atoms with E-state index < -0.39 is 0 Å². The van der Waals surface area contributed by atoms with Gasteiger partial charge >= 0.3 is 0 Å². The molecule has 0 unspecified atom stereocenters. The first-order valence-corrected chi connectivity index (χ1v) is 13.3. The fraction of sp³-hybridized carbons (Fsp3) is 0.519. The van der Waals surface area contributed by atoms with Crippen molar-refractivity contribution in [2.75, 3.05) is 55.9 Å². The van der Waals surface area contributed by atoms with Gasteiger partial charge in [0.25, 0.3) is 0 Å². The molecule has 0 radical (unpaired) electrons. The van der Waals surface area contributed by atoms with Crippen LogP contribution in [-0.2, 0) is 11.2 Å². The van der Waals surface area contributed by atoms with Crippen LogP contribution < -0.4 is 14.5 Å². The number of hydrogen-bond donors (Lipinski definition) is 1. The van der Waals surface area contributed by atoms with Crippen LogP contribution in [0.4, 0.5) is 11.4 Å². The quantitative estimate of drug-likeness (QED) is 0.214. The topological polar surface area (TPSA) is 56.2 Å². The summed E-state index contributed by atoms with van der Waals surface area (Å²) in [4.78, 5) is 17.4. The first-order chi connectivity index (χ1) is 17.1. The lowest BCUT2D eigenvalue weighted by molar-refractivity contribution is -0.108. The van der Waals surface area contributed by atoms with Crippen molar-refractivity contribution in [3.63, 3.8) is 0 Å². The SMILES string of the molecule is CC.CCCc1ccc(OCCCCN2CCN(c3cccc(Cl)c3Cl)CC2)cc1N(C=O)CO. The predicted octanol–water partition coefficient (Wildman–Crippen LogP) is 5.87. The maximum absolute atomic E-state index is 11.3. The molecule has 0 atom stereocenters. The Hall–Kier alpha value is -1.99. The van der Waals surface area contributed by atoms with E-state index in [0.717, 1.165) is 75.4 Å². The number of piperazine rings is 1. The van der Waals surface area contributed by atoms with Gasteiger partial charge in [-0.3, -0.25) is 14.6 Å². The van der Waals surface area contributed by atoms with E-state index in [1.807, 2.05) is 50.2 Å². The highest BCUT2D eigenvalue weighted by Crippen LogP contribution is 2.33. The highest BCUT2D eigenvalue weighted by Gasteiger charge is 2.19. The van der Waals surface area contributed by atoms with Gasteiger partial charge in [0.05, 0.1) is 28.0 Å². The maximum atomic E-state index is 11.3. The molecule has 8 heteroatoms. The minimum atomic E-state index is -0.347. The second-order valence-electron chi connectivity index (χ2n) is 8.21. The lowest BCUT2D eigenvalue weighted by Gasteiger charge is -2.36. The first kappa shape index (κ1) is 29.2. The number of rotatable bonds is 12. The van der Waals surface area contributed by atoms with E-state index in [1.54, 1.807) is 0 Å². The van der Waals surface area contributed by atoms with Crippen molar-refractivity contribution < 1.29 is 14.6 Å². The Balaban J connectivity index is 0.00000210. The van der Waals surface area contributed by atoms with Crippen LogP contribution in [0.2, 0.25) is 10.0 Å². The van der Waals surface area contributed by atoms with E-state index in [4.69, 9.17) is 27.9 Å². The average molecular weight is 525 g/mol. The summed E-state index contributed by atoms with van der Waals surface area (Å²) in [5.74, 6) is 0.720. The molecule has 2 aromatic carbocycles. The maximum Gasteiger partial charge on any atom is 0.216 e. The molecule has 0 spiro atoms. The molecule has 0 saturated carbocycles. The van der Waals surface area contributed by atoms with Crippen molar-refractivity contribution in [1.29, 1.82) is 0 Å². The number of aryl methyl sites for hydroxylation is 1. The van der Waals surface area contributed by atoms with Crippen molar-refractivity contribution in [3.05, 3.63) is 52.0 Å². The molecule has 0 aliphatic carbocycles. The monoisotopic (exact) mass is 523 g/mol. The zero-order valence-electron chi connectivity index (χ0n) is 21.2. The zero-order chi connectivity index (χ0) is 25.6. The Morgan fingerprint density at radius 2 is 1.83 bits per heavy atom. The van der Waals surface area contributed by atoms with Gasteiger partial charge in [-0.15, -0.1) is 0 Å². The van der Waals surface area contributed by atoms with Gasteiger partial charge in [-0.05, 0) is 49.6 Å². The van der Waals surface area contributed by atoms with Gasteiger partial charge in [-0.1, -0.05) is 62.5 Å². The summed E-state index contributed by atoms with van der Waals surface area (Å²) in [5.41, 5.74) is 2.75. The number of unbranched alkanes of at least 4 members (excludes halogenated alkanes) is 1. The van der Waals surface area contributed by atoms with Crippen LogP contribution in [0.1, 0.15) is 45.6 Å². The molecule has 1 N–H and O–H groups in total. The van der Waals surface area contributed by atoms with Crippen LogP contribution in [0, 0.1) is 0 Å². The number of nitrogens with zero attached hydrogens (tertiary/aromatic N) is 3. The molecule has 1 aliphatic rings. The number of carbonyl (C=O) groups excluding carboxylic acids is 1. The molecular weight excluding hydrogens is 485 g/mol. The van der Waals surface area contributed by atoms with Gasteiger partial charge in [-0.2, -0.15) is 0 Å². The number of aliphatic hydroxyl groups is 1. The van der Waals surface area contributed by atoms with E-state index in [0.29, 0.717) is 28.7 Å². The normalized spacial score (nSPS) is 13.7. The third kappa shape index (κ3) is 8.57. The first-order valence-electron chi connectivity index (χ1n) is 12.6. The molecule has 1 saturated heterocycles. The molecule has 194 valence electrons. The summed E-state index contributed by atoms with van der Waals surface area (Å²) in [7, 11) is 0. The number of aliphatic hydroxyl groups excluding tert-OH is 1. The van der Waals surface area contributed by atoms with Crippen molar-refractivity contribution >= 4 is 41.0 Å². The number of benzene rings is 2. The van der Waals surface area contributed by atoms with Crippen molar-refractivity contribution in [1.82, 2.24) is 4.90 Å². The second kappa shape index (κ2) is 15.9. The third-order valence-electron chi connectivity index (χ3n) is 5.95. The average Bonchev–Trinajstić information content (AvgIpc) is 2.89. The Bertz CT molecular complexity index is 905. The molecule has 0 bridgehead atoms. The molecule has 3 rings (SSSR count). The van der Waals surface area contributed by atoms with Crippen LogP contribution in [0.5, 0.6) is 5.75 Å². The molecule has 6 nitrogen and oxygen atoms in total. The summed E-state index contributed by atoms with van der Waals surface area (Å²) < 4.78 is 5.93. The third-order valence-corrected chi connectivity index (χ3v) is 6.76.